The van der Waals surface area contributed by atoms with Gasteiger partial charge in [0.2, 0.25) is 5.91 Å². The Bertz CT molecular complexity index is 2830. The maximum absolute atomic E-state index is 13.5. The number of H-pyrrole nitrogens is 1. The van der Waals surface area contributed by atoms with Crippen LogP contribution in [0.15, 0.2) is 42.5 Å². The summed E-state index contributed by atoms with van der Waals surface area (Å²) in [5.74, 6) is 2.94. The third kappa shape index (κ3) is 6.41. The number of nitrogens with zero attached hydrogens (tertiary/aromatic N) is 4. The Labute approximate surface area is 437 Å². The second-order valence-electron chi connectivity index (χ2n) is 24.9. The largest absolute Gasteiger partial charge is 0.504 e. The standard InChI is InChI=1S/C40H43N3O6.C19H26Cl2N2O/c44-25-7-5-21-13-27-39(46)15-23-24-16-40(47)28-14-22-6-8-26(45)34-30(22)38(40,10-12-43(28)18-20-3-4-20)36(49-34)32(24)41-31(23)35-37(39,29(21)33(25)48-35)9-11-42(27)17-19-1-2-19;1-22(19(24)13-14-8-9-15(20)16(21)12-14)17-6-2-3-7-18(17)23-10-4-5-11-23/h5-8,19-20,27-28,35-36,41,44-47H,1-4,9-18H2;8-9,12,17-18H,2-7,10-11,13H2,1H3/t27-,28-,35+,36+,37+,38+,39-,40-;17?,18-/m11/s1. The van der Waals surface area contributed by atoms with Gasteiger partial charge in [-0.05, 0) is 167 Å². The summed E-state index contributed by atoms with van der Waals surface area (Å²) in [6.45, 7) is 6.23. The maximum Gasteiger partial charge on any atom is 0.227 e. The van der Waals surface area contributed by atoms with E-state index in [1.807, 2.05) is 18.0 Å². The molecule has 73 heavy (non-hydrogen) atoms. The van der Waals surface area contributed by atoms with Gasteiger partial charge in [0.15, 0.2) is 35.2 Å². The Morgan fingerprint density at radius 3 is 1.75 bits per heavy atom. The summed E-state index contributed by atoms with van der Waals surface area (Å²) in [5.41, 5.74) is 5.86. The second kappa shape index (κ2) is 16.3. The number of hydrogen-bond donors (Lipinski definition) is 5. The van der Waals surface area contributed by atoms with Gasteiger partial charge < -0.3 is 39.8 Å². The van der Waals surface area contributed by atoms with Crippen LogP contribution in [-0.2, 0) is 47.7 Å². The molecule has 6 heterocycles. The Hall–Kier alpha value is -4.01. The van der Waals surface area contributed by atoms with Crippen LogP contribution in [0.4, 0.5) is 0 Å². The molecule has 5 N–H and O–H groups in total. The monoisotopic (exact) mass is 1030 g/mol. The third-order valence-electron chi connectivity index (χ3n) is 21.3. The van der Waals surface area contributed by atoms with Crippen molar-refractivity contribution in [1.82, 2.24) is 24.6 Å². The van der Waals surface area contributed by atoms with Gasteiger partial charge in [-0.2, -0.15) is 0 Å². The minimum absolute atomic E-state index is 0.0535. The van der Waals surface area contributed by atoms with Crippen molar-refractivity contribution >= 4 is 29.1 Å². The molecular formula is C59H69Cl2N5O7. The molecule has 5 aliphatic heterocycles. The molecule has 12 nitrogen and oxygen atoms in total. The summed E-state index contributed by atoms with van der Waals surface area (Å²) in [7, 11) is 1.97. The minimum atomic E-state index is -1.09. The molecule has 1 aromatic heterocycles. The first-order valence-electron chi connectivity index (χ1n) is 27.9. The topological polar surface area (TPSA) is 145 Å². The first-order chi connectivity index (χ1) is 35.3. The van der Waals surface area contributed by atoms with E-state index in [2.05, 4.69) is 31.8 Å². The van der Waals surface area contributed by atoms with Crippen molar-refractivity contribution in [2.24, 2.45) is 11.8 Å². The predicted molar refractivity (Wildman–Crippen MR) is 277 cm³/mol. The summed E-state index contributed by atoms with van der Waals surface area (Å²) < 4.78 is 13.9. The van der Waals surface area contributed by atoms with Gasteiger partial charge in [0.1, 0.15) is 0 Å². The van der Waals surface area contributed by atoms with Crippen LogP contribution < -0.4 is 9.47 Å². The fourth-order valence-corrected chi connectivity index (χ4v) is 17.8. The smallest absolute Gasteiger partial charge is 0.227 e. The minimum Gasteiger partial charge on any atom is -0.504 e. The number of carbonyl (C=O) groups excluding carboxylic acids is 1. The highest BCUT2D eigenvalue weighted by molar-refractivity contribution is 6.42. The van der Waals surface area contributed by atoms with E-state index in [1.54, 1.807) is 24.3 Å². The highest BCUT2D eigenvalue weighted by atomic mass is 35.5. The molecule has 0 radical (unpaired) electrons. The van der Waals surface area contributed by atoms with Gasteiger partial charge in [-0.25, -0.2) is 0 Å². The van der Waals surface area contributed by atoms with Crippen LogP contribution in [0.1, 0.15) is 140 Å². The second-order valence-corrected chi connectivity index (χ2v) is 25.7. The lowest BCUT2D eigenvalue weighted by Gasteiger charge is -2.63. The van der Waals surface area contributed by atoms with Crippen LogP contribution >= 0.6 is 23.2 Å². The molecule has 4 bridgehead atoms. The number of fused-ring (bicyclic) bond motifs is 5. The molecule has 7 aliphatic carbocycles. The number of phenolic OH excluding ortho intramolecular Hbond substituents is 2. The van der Waals surface area contributed by atoms with Crippen molar-refractivity contribution < 1.29 is 34.7 Å². The molecule has 2 spiro atoms. The number of aromatic nitrogens is 1. The van der Waals surface area contributed by atoms with Gasteiger partial charge in [0.25, 0.3) is 0 Å². The summed E-state index contributed by atoms with van der Waals surface area (Å²) in [6, 6.07) is 13.9. The number of carbonyl (C=O) groups is 1. The van der Waals surface area contributed by atoms with Crippen LogP contribution in [0.2, 0.25) is 10.0 Å². The lowest BCUT2D eigenvalue weighted by Crippen LogP contribution is -2.75. The third-order valence-corrected chi connectivity index (χ3v) is 22.0. The van der Waals surface area contributed by atoms with E-state index in [9.17, 15) is 25.2 Å². The molecule has 12 aliphatic rings. The van der Waals surface area contributed by atoms with Crippen molar-refractivity contribution in [3.05, 3.63) is 103 Å². The number of hydrogen-bond acceptors (Lipinski definition) is 10. The fourth-order valence-electron chi connectivity index (χ4n) is 17.5. The Kier molecular flexibility index (Phi) is 10.3. The number of nitrogens with one attached hydrogen (secondary N) is 1. The Morgan fingerprint density at radius 2 is 1.23 bits per heavy atom. The van der Waals surface area contributed by atoms with Crippen molar-refractivity contribution in [3.63, 3.8) is 0 Å². The van der Waals surface area contributed by atoms with E-state index < -0.39 is 34.2 Å². The van der Waals surface area contributed by atoms with Gasteiger partial charge in [-0.1, -0.05) is 54.2 Å². The highest BCUT2D eigenvalue weighted by Crippen LogP contribution is 2.73. The molecule has 4 aromatic rings. The zero-order chi connectivity index (χ0) is 49.5. The number of aromatic hydroxyl groups is 2. The summed E-state index contributed by atoms with van der Waals surface area (Å²) in [4.78, 5) is 26.4. The molecule has 1 unspecified atom stereocenters. The lowest BCUT2D eigenvalue weighted by molar-refractivity contribution is -0.176. The molecule has 3 saturated heterocycles. The molecule has 10 atom stereocenters. The number of piperidine rings is 2. The van der Waals surface area contributed by atoms with Crippen LogP contribution in [0.3, 0.4) is 0 Å². The predicted octanol–water partition coefficient (Wildman–Crippen LogP) is 8.23. The lowest BCUT2D eigenvalue weighted by atomic mass is 9.47. The molecular weight excluding hydrogens is 962 g/mol. The molecule has 16 rings (SSSR count). The summed E-state index contributed by atoms with van der Waals surface area (Å²) >= 11 is 12.0. The molecule has 386 valence electrons. The number of ether oxygens (including phenoxy) is 2. The van der Waals surface area contributed by atoms with E-state index in [1.165, 1.54) is 82.0 Å². The zero-order valence-corrected chi connectivity index (χ0v) is 43.5. The van der Waals surface area contributed by atoms with Crippen molar-refractivity contribution in [2.75, 3.05) is 46.3 Å². The number of likely N-dealkylation sites (N-methyl/N-ethyl adjacent to an activating group) is 1. The fraction of sp³-hybridized carbons (Fsp3) is 0.610. The normalized spacial score (nSPS) is 36.0. The summed E-state index contributed by atoms with van der Waals surface area (Å²) in [5, 5.41) is 50.5. The number of amides is 1. The van der Waals surface area contributed by atoms with Crippen LogP contribution in [0.5, 0.6) is 23.0 Å². The Morgan fingerprint density at radius 1 is 0.699 bits per heavy atom. The average molecular weight is 1030 g/mol. The van der Waals surface area contributed by atoms with E-state index in [0.717, 1.165) is 97.5 Å². The van der Waals surface area contributed by atoms with E-state index in [-0.39, 0.29) is 29.5 Å². The maximum atomic E-state index is 13.5. The van der Waals surface area contributed by atoms with E-state index >= 15 is 0 Å². The number of phenols is 2. The summed E-state index contributed by atoms with van der Waals surface area (Å²) in [6.07, 6.45) is 15.9. The number of benzene rings is 3. The van der Waals surface area contributed by atoms with Crippen molar-refractivity contribution in [3.8, 4) is 23.0 Å². The molecule has 3 aromatic carbocycles. The quantitative estimate of drug-likeness (QED) is 0.117. The van der Waals surface area contributed by atoms with Crippen molar-refractivity contribution in [1.29, 1.82) is 0 Å². The van der Waals surface area contributed by atoms with Gasteiger partial charge in [0, 0.05) is 68.3 Å². The molecule has 14 heteroatoms. The van der Waals surface area contributed by atoms with Gasteiger partial charge in [-0.15, -0.1) is 0 Å². The van der Waals surface area contributed by atoms with Gasteiger partial charge in [-0.3, -0.25) is 19.5 Å². The molecule has 1 amide bonds. The number of aliphatic hydroxyl groups is 2. The highest BCUT2D eigenvalue weighted by Gasteiger charge is 2.76. The van der Waals surface area contributed by atoms with Gasteiger partial charge in [0.05, 0.1) is 49.9 Å². The first kappa shape index (κ1) is 46.3. The zero-order valence-electron chi connectivity index (χ0n) is 42.0. The van der Waals surface area contributed by atoms with Crippen LogP contribution in [0.25, 0.3) is 0 Å². The number of halogens is 2. The number of rotatable bonds is 8. The van der Waals surface area contributed by atoms with E-state index in [4.69, 9.17) is 32.7 Å². The number of likely N-dealkylation sites (tertiary alicyclic amines) is 3. The molecule has 3 saturated carbocycles. The van der Waals surface area contributed by atoms with Crippen LogP contribution in [-0.4, -0.2) is 133 Å². The van der Waals surface area contributed by atoms with Gasteiger partial charge >= 0.3 is 0 Å². The van der Waals surface area contributed by atoms with Crippen LogP contribution in [0, 0.1) is 11.8 Å². The number of aromatic amines is 1. The first-order valence-corrected chi connectivity index (χ1v) is 28.7. The average Bonchev–Trinajstić information content (AvgIpc) is 4.20. The SMILES string of the molecule is CN(C(=O)Cc1ccc(Cl)c(Cl)c1)C1CCCC[C@H]1N1CCCC1.Oc1ccc2c3c1O[C@H]1c4[nH]c5c(c4C[C@@]4(O)[C@@H](C2)N(CC2CC2)CC[C@]314)C[C@@]1(O)[C@H]2Cc3ccc(O)c4c3[C@@]1(CCN2CC1CC1)[C@H]5O4. The van der Waals surface area contributed by atoms with Crippen molar-refractivity contribution in [2.45, 2.75) is 168 Å². The van der Waals surface area contributed by atoms with E-state index in [0.29, 0.717) is 64.7 Å². The Balaban J connectivity index is 0.000000167. The molecule has 6 fully saturated rings.